The Morgan fingerprint density at radius 2 is 1.64 bits per heavy atom. The zero-order chi connectivity index (χ0) is 18.4. The predicted octanol–water partition coefficient (Wildman–Crippen LogP) is 4.28. The van der Waals surface area contributed by atoms with Gasteiger partial charge in [-0.2, -0.15) is 13.2 Å². The average molecular weight is 354 g/mol. The number of hydrogen-bond acceptors (Lipinski definition) is 1. The van der Waals surface area contributed by atoms with Gasteiger partial charge in [-0.3, -0.25) is 0 Å². The van der Waals surface area contributed by atoms with E-state index in [1.165, 1.54) is 24.3 Å². The molecule has 7 heteroatoms. The molecule has 1 unspecified atom stereocenters. The number of carbonyl (C=O) groups is 1. The first-order chi connectivity index (χ1) is 11.8. The Balaban J connectivity index is 1.93. The van der Waals surface area contributed by atoms with Crippen molar-refractivity contribution in [2.75, 3.05) is 6.54 Å². The smallest absolute Gasteiger partial charge is 0.338 e. The van der Waals surface area contributed by atoms with Crippen LogP contribution in [0.1, 0.15) is 22.7 Å². The second kappa shape index (κ2) is 8.00. The van der Waals surface area contributed by atoms with E-state index in [1.54, 1.807) is 31.2 Å². The van der Waals surface area contributed by atoms with Crippen molar-refractivity contribution in [3.63, 3.8) is 0 Å². The number of urea groups is 1. The summed E-state index contributed by atoms with van der Waals surface area (Å²) in [5, 5.41) is 4.34. The molecule has 0 aromatic heterocycles. The van der Waals surface area contributed by atoms with Gasteiger partial charge in [-0.05, 0) is 36.6 Å². The van der Waals surface area contributed by atoms with E-state index in [0.717, 1.165) is 11.1 Å². The van der Waals surface area contributed by atoms with E-state index in [-0.39, 0.29) is 17.9 Å². The first-order valence-corrected chi connectivity index (χ1v) is 7.68. The highest BCUT2D eigenvalue weighted by atomic mass is 19.4. The second-order valence-electron chi connectivity index (χ2n) is 5.66. The number of benzene rings is 2. The Kier molecular flexibility index (Phi) is 6.01. The summed E-state index contributed by atoms with van der Waals surface area (Å²) < 4.78 is 52.4. The van der Waals surface area contributed by atoms with Crippen LogP contribution in [0, 0.1) is 12.7 Å². The van der Waals surface area contributed by atoms with E-state index >= 15 is 0 Å². The molecule has 2 aromatic rings. The largest absolute Gasteiger partial charge is 0.412 e. The Hall–Kier alpha value is -2.57. The summed E-state index contributed by atoms with van der Waals surface area (Å²) in [5.41, 5.74) is 1.56. The van der Waals surface area contributed by atoms with Gasteiger partial charge in [0.2, 0.25) is 0 Å². The lowest BCUT2D eigenvalue weighted by atomic mass is 10.0. The molecular formula is C18H18F4N2O. The summed E-state index contributed by atoms with van der Waals surface area (Å²) in [5.74, 6) is -0.374. The number of aryl methyl sites for hydroxylation is 1. The lowest BCUT2D eigenvalue weighted by Gasteiger charge is -2.22. The van der Waals surface area contributed by atoms with Crippen molar-refractivity contribution in [3.8, 4) is 0 Å². The van der Waals surface area contributed by atoms with Gasteiger partial charge in [-0.15, -0.1) is 0 Å². The molecule has 1 atom stereocenters. The van der Waals surface area contributed by atoms with E-state index in [2.05, 4.69) is 5.32 Å². The molecular weight excluding hydrogens is 336 g/mol. The molecule has 25 heavy (non-hydrogen) atoms. The van der Waals surface area contributed by atoms with Crippen LogP contribution in [0.2, 0.25) is 0 Å². The number of carbonyl (C=O) groups excluding carboxylic acids is 1. The molecule has 3 nitrogen and oxygen atoms in total. The van der Waals surface area contributed by atoms with Crippen LogP contribution in [0.25, 0.3) is 0 Å². The van der Waals surface area contributed by atoms with Crippen LogP contribution in [-0.4, -0.2) is 18.8 Å². The lowest BCUT2D eigenvalue weighted by Crippen LogP contribution is -2.44. The zero-order valence-electron chi connectivity index (χ0n) is 13.5. The Bertz CT molecular complexity index is 697. The van der Waals surface area contributed by atoms with E-state index in [0.29, 0.717) is 6.42 Å². The van der Waals surface area contributed by atoms with E-state index in [4.69, 9.17) is 0 Å². The molecule has 0 saturated heterocycles. The van der Waals surface area contributed by atoms with Crippen molar-refractivity contribution in [2.24, 2.45) is 0 Å². The van der Waals surface area contributed by atoms with E-state index in [1.807, 2.05) is 5.32 Å². The van der Waals surface area contributed by atoms with Gasteiger partial charge in [0, 0.05) is 6.54 Å². The third-order valence-electron chi connectivity index (χ3n) is 3.63. The van der Waals surface area contributed by atoms with Crippen LogP contribution in [0.15, 0.2) is 48.5 Å². The molecule has 0 saturated carbocycles. The molecule has 2 rings (SSSR count). The number of amides is 2. The van der Waals surface area contributed by atoms with Gasteiger partial charge in [-0.25, -0.2) is 9.18 Å². The summed E-state index contributed by atoms with van der Waals surface area (Å²) in [7, 11) is 0. The van der Waals surface area contributed by atoms with Crippen LogP contribution in [-0.2, 0) is 6.42 Å². The molecule has 0 aliphatic carbocycles. The summed E-state index contributed by atoms with van der Waals surface area (Å²) >= 11 is 0. The van der Waals surface area contributed by atoms with E-state index < -0.39 is 18.2 Å². The molecule has 0 bridgehead atoms. The molecule has 2 aromatic carbocycles. The fraction of sp³-hybridized carbons (Fsp3) is 0.278. The van der Waals surface area contributed by atoms with E-state index in [9.17, 15) is 22.4 Å². The van der Waals surface area contributed by atoms with Crippen molar-refractivity contribution in [2.45, 2.75) is 25.6 Å². The highest BCUT2D eigenvalue weighted by molar-refractivity contribution is 5.74. The highest BCUT2D eigenvalue weighted by Gasteiger charge is 2.41. The zero-order valence-corrected chi connectivity index (χ0v) is 13.5. The van der Waals surface area contributed by atoms with Crippen LogP contribution >= 0.6 is 0 Å². The van der Waals surface area contributed by atoms with Gasteiger partial charge in [0.25, 0.3) is 0 Å². The maximum Gasteiger partial charge on any atom is 0.412 e. The molecule has 2 N–H and O–H groups in total. The number of rotatable bonds is 5. The van der Waals surface area contributed by atoms with Gasteiger partial charge in [0.1, 0.15) is 5.82 Å². The second-order valence-corrected chi connectivity index (χ2v) is 5.66. The van der Waals surface area contributed by atoms with Gasteiger partial charge in [0.05, 0.1) is 0 Å². The number of halogens is 4. The summed E-state index contributed by atoms with van der Waals surface area (Å²) in [4.78, 5) is 11.8. The first kappa shape index (κ1) is 18.8. The van der Waals surface area contributed by atoms with Gasteiger partial charge >= 0.3 is 12.2 Å². The van der Waals surface area contributed by atoms with Gasteiger partial charge in [-0.1, -0.05) is 42.0 Å². The minimum Gasteiger partial charge on any atom is -0.338 e. The minimum absolute atomic E-state index is 0.0354. The highest BCUT2D eigenvalue weighted by Crippen LogP contribution is 2.32. The lowest BCUT2D eigenvalue weighted by molar-refractivity contribution is -0.154. The van der Waals surface area contributed by atoms with Crippen LogP contribution in [0.5, 0.6) is 0 Å². The van der Waals surface area contributed by atoms with Crippen molar-refractivity contribution in [1.29, 1.82) is 0 Å². The topological polar surface area (TPSA) is 41.1 Å². The van der Waals surface area contributed by atoms with Crippen molar-refractivity contribution >= 4 is 6.03 Å². The van der Waals surface area contributed by atoms with Crippen LogP contribution in [0.3, 0.4) is 0 Å². The maximum atomic E-state index is 13.2. The summed E-state index contributed by atoms with van der Waals surface area (Å²) in [6, 6.07) is 8.48. The molecule has 0 fully saturated rings. The number of hydrogen-bond donors (Lipinski definition) is 2. The first-order valence-electron chi connectivity index (χ1n) is 7.68. The Morgan fingerprint density at radius 1 is 1.04 bits per heavy atom. The fourth-order valence-corrected chi connectivity index (χ4v) is 2.27. The van der Waals surface area contributed by atoms with Crippen molar-refractivity contribution < 1.29 is 22.4 Å². The van der Waals surface area contributed by atoms with Crippen LogP contribution < -0.4 is 10.6 Å². The number of nitrogens with one attached hydrogen (secondary N) is 2. The van der Waals surface area contributed by atoms with Gasteiger partial charge in [0.15, 0.2) is 6.04 Å². The molecule has 0 aliphatic rings. The molecule has 0 radical (unpaired) electrons. The molecule has 0 aliphatic heterocycles. The molecule has 0 heterocycles. The molecule has 2 amide bonds. The van der Waals surface area contributed by atoms with Crippen molar-refractivity contribution in [1.82, 2.24) is 10.6 Å². The van der Waals surface area contributed by atoms with Crippen molar-refractivity contribution in [3.05, 3.63) is 71.0 Å². The average Bonchev–Trinajstić information content (AvgIpc) is 2.54. The fourth-order valence-electron chi connectivity index (χ4n) is 2.27. The third-order valence-corrected chi connectivity index (χ3v) is 3.63. The summed E-state index contributed by atoms with van der Waals surface area (Å²) in [6.45, 7) is 1.90. The summed E-state index contributed by atoms with van der Waals surface area (Å²) in [6.07, 6.45) is -4.22. The Morgan fingerprint density at radius 3 is 2.20 bits per heavy atom. The van der Waals surface area contributed by atoms with Gasteiger partial charge < -0.3 is 10.6 Å². The minimum atomic E-state index is -4.61. The number of alkyl halides is 3. The quantitative estimate of drug-likeness (QED) is 0.773. The SMILES string of the molecule is Cc1ccc(C(NC(=O)NCCc2ccc(F)cc2)C(F)(F)F)cc1. The Labute approximate surface area is 143 Å². The third kappa shape index (κ3) is 5.77. The predicted molar refractivity (Wildman–Crippen MR) is 86.6 cm³/mol. The maximum absolute atomic E-state index is 13.2. The standard InChI is InChI=1S/C18H18F4N2O/c1-12-2-6-14(7-3-12)16(18(20,21)22)24-17(25)23-11-10-13-4-8-15(19)9-5-13/h2-9,16H,10-11H2,1H3,(H2,23,24,25). The molecule has 0 spiro atoms. The normalized spacial score (nSPS) is 12.5. The van der Waals surface area contributed by atoms with Crippen LogP contribution in [0.4, 0.5) is 22.4 Å². The molecule has 134 valence electrons. The monoisotopic (exact) mass is 354 g/mol.